The van der Waals surface area contributed by atoms with E-state index in [4.69, 9.17) is 0 Å². The van der Waals surface area contributed by atoms with Crippen LogP contribution in [0.5, 0.6) is 0 Å². The molecule has 0 radical (unpaired) electrons. The lowest BCUT2D eigenvalue weighted by atomic mass is 10.1. The molecule has 0 fully saturated rings. The summed E-state index contributed by atoms with van der Waals surface area (Å²) < 4.78 is 17.7. The summed E-state index contributed by atoms with van der Waals surface area (Å²) in [4.78, 5) is 38.1. The molecule has 0 aliphatic carbocycles. The van der Waals surface area contributed by atoms with E-state index in [0.717, 1.165) is 10.1 Å². The highest BCUT2D eigenvalue weighted by molar-refractivity contribution is 5.68. The summed E-state index contributed by atoms with van der Waals surface area (Å²) in [6.07, 6.45) is 3.21. The Labute approximate surface area is 206 Å². The fourth-order valence-electron chi connectivity index (χ4n) is 4.13. The lowest BCUT2D eigenvalue weighted by Crippen LogP contribution is -2.42. The monoisotopic (exact) mass is 491 g/mol. The van der Waals surface area contributed by atoms with Gasteiger partial charge >= 0.3 is 16.9 Å². The molecule has 0 saturated carbocycles. The Bertz CT molecular complexity index is 1510. The number of aryl methyl sites for hydroxylation is 1. The molecule has 10 heteroatoms. The topological polar surface area (TPSA) is 105 Å². The number of halogens is 1. The second-order valence-corrected chi connectivity index (χ2v) is 8.95. The minimum absolute atomic E-state index is 0.00738. The van der Waals surface area contributed by atoms with E-state index < -0.39 is 27.7 Å². The predicted molar refractivity (Wildman–Crippen MR) is 133 cm³/mol. The van der Waals surface area contributed by atoms with Gasteiger partial charge in [0.2, 0.25) is 0 Å². The molecule has 4 aromatic rings. The Kier molecular flexibility index (Phi) is 7.23. The molecule has 0 aliphatic rings. The van der Waals surface area contributed by atoms with Gasteiger partial charge in [-0.05, 0) is 24.0 Å². The van der Waals surface area contributed by atoms with Crippen LogP contribution in [0.25, 0.3) is 11.3 Å². The standard InChI is InChI=1S/C26H26FN5O4/c1-18(2)15-31-23(21-14-28-29(17-21)16-20-10-6-7-11-22(20)27)24(32(35)36)25(33)30(26(31)34)13-12-19-8-4-3-5-9-19/h3-11,14,17-18H,12-13,15-16H2,1-2H3. The highest BCUT2D eigenvalue weighted by atomic mass is 19.1. The van der Waals surface area contributed by atoms with Crippen molar-refractivity contribution in [3.05, 3.63) is 115 Å². The maximum Gasteiger partial charge on any atom is 0.358 e. The largest absolute Gasteiger partial charge is 0.358 e. The summed E-state index contributed by atoms with van der Waals surface area (Å²) in [6.45, 7) is 4.02. The average Bonchev–Trinajstić information content (AvgIpc) is 3.30. The lowest BCUT2D eigenvalue weighted by molar-refractivity contribution is -0.386. The zero-order chi connectivity index (χ0) is 25.8. The van der Waals surface area contributed by atoms with Gasteiger partial charge in [-0.1, -0.05) is 62.4 Å². The molecule has 0 saturated heterocycles. The number of hydrogen-bond donors (Lipinski definition) is 0. The Balaban J connectivity index is 1.83. The zero-order valence-electron chi connectivity index (χ0n) is 20.0. The van der Waals surface area contributed by atoms with Gasteiger partial charge in [-0.3, -0.25) is 28.7 Å². The fourth-order valence-corrected chi connectivity index (χ4v) is 4.13. The van der Waals surface area contributed by atoms with Crippen molar-refractivity contribution in [1.29, 1.82) is 0 Å². The molecule has 0 N–H and O–H groups in total. The van der Waals surface area contributed by atoms with Crippen molar-refractivity contribution in [1.82, 2.24) is 18.9 Å². The van der Waals surface area contributed by atoms with E-state index in [2.05, 4.69) is 5.10 Å². The third-order valence-electron chi connectivity index (χ3n) is 5.80. The number of aromatic nitrogens is 4. The second-order valence-electron chi connectivity index (χ2n) is 8.95. The first kappa shape index (κ1) is 24.8. The van der Waals surface area contributed by atoms with Crippen LogP contribution >= 0.6 is 0 Å². The zero-order valence-corrected chi connectivity index (χ0v) is 20.0. The van der Waals surface area contributed by atoms with E-state index >= 15 is 0 Å². The molecular weight excluding hydrogens is 465 g/mol. The highest BCUT2D eigenvalue weighted by Crippen LogP contribution is 2.26. The Morgan fingerprint density at radius 2 is 1.72 bits per heavy atom. The molecule has 2 aromatic carbocycles. The molecule has 0 atom stereocenters. The molecule has 2 heterocycles. The molecule has 0 unspecified atom stereocenters. The number of hydrogen-bond acceptors (Lipinski definition) is 5. The number of rotatable bonds is 9. The summed E-state index contributed by atoms with van der Waals surface area (Å²) in [7, 11) is 0. The van der Waals surface area contributed by atoms with Gasteiger partial charge in [0.25, 0.3) is 0 Å². The maximum absolute atomic E-state index is 14.1. The SMILES string of the molecule is CC(C)Cn1c(-c2cnn(Cc3ccccc3F)c2)c([N+](=O)[O-])c(=O)n(CCc2ccccc2)c1=O. The quantitative estimate of drug-likeness (QED) is 0.261. The molecule has 0 spiro atoms. The van der Waals surface area contributed by atoms with E-state index in [0.29, 0.717) is 12.0 Å². The lowest BCUT2D eigenvalue weighted by Gasteiger charge is -2.16. The van der Waals surface area contributed by atoms with Crippen molar-refractivity contribution in [3.63, 3.8) is 0 Å². The number of benzene rings is 2. The molecule has 0 bridgehead atoms. The van der Waals surface area contributed by atoms with Crippen LogP contribution in [0.2, 0.25) is 0 Å². The maximum atomic E-state index is 14.1. The first-order chi connectivity index (χ1) is 17.3. The first-order valence-corrected chi connectivity index (χ1v) is 11.6. The summed E-state index contributed by atoms with van der Waals surface area (Å²) >= 11 is 0. The van der Waals surface area contributed by atoms with Crippen molar-refractivity contribution in [2.24, 2.45) is 5.92 Å². The number of nitro groups is 1. The van der Waals surface area contributed by atoms with Crippen LogP contribution in [0.3, 0.4) is 0 Å². The van der Waals surface area contributed by atoms with Crippen molar-refractivity contribution in [3.8, 4) is 11.3 Å². The highest BCUT2D eigenvalue weighted by Gasteiger charge is 2.30. The van der Waals surface area contributed by atoms with Gasteiger partial charge in [-0.15, -0.1) is 0 Å². The van der Waals surface area contributed by atoms with Crippen LogP contribution in [-0.4, -0.2) is 23.8 Å². The van der Waals surface area contributed by atoms with Crippen molar-refractivity contribution in [2.45, 2.75) is 39.9 Å². The van der Waals surface area contributed by atoms with Crippen LogP contribution < -0.4 is 11.2 Å². The summed E-state index contributed by atoms with van der Waals surface area (Å²) in [6, 6.07) is 15.5. The van der Waals surface area contributed by atoms with Crippen molar-refractivity contribution >= 4 is 5.69 Å². The fraction of sp³-hybridized carbons (Fsp3) is 0.269. The number of nitrogens with zero attached hydrogens (tertiary/aromatic N) is 5. The Morgan fingerprint density at radius 1 is 1.03 bits per heavy atom. The summed E-state index contributed by atoms with van der Waals surface area (Å²) in [5.41, 5.74) is -0.834. The molecule has 4 rings (SSSR count). The molecule has 186 valence electrons. The van der Waals surface area contributed by atoms with E-state index in [1.54, 1.807) is 18.2 Å². The molecular formula is C26H26FN5O4. The molecule has 0 amide bonds. The van der Waals surface area contributed by atoms with Gasteiger partial charge in [0.05, 0.1) is 17.7 Å². The Hall–Kier alpha value is -4.34. The summed E-state index contributed by atoms with van der Waals surface area (Å²) in [5.74, 6) is -0.437. The third kappa shape index (κ3) is 5.17. The molecule has 36 heavy (non-hydrogen) atoms. The van der Waals surface area contributed by atoms with Gasteiger partial charge in [0, 0.05) is 30.4 Å². The normalized spacial score (nSPS) is 11.2. The predicted octanol–water partition coefficient (Wildman–Crippen LogP) is 3.87. The average molecular weight is 492 g/mol. The van der Waals surface area contributed by atoms with Gasteiger partial charge in [-0.2, -0.15) is 5.10 Å². The van der Waals surface area contributed by atoms with Crippen LogP contribution in [0.15, 0.2) is 76.6 Å². The molecule has 2 aromatic heterocycles. The van der Waals surface area contributed by atoms with Crippen LogP contribution in [0, 0.1) is 21.8 Å². The van der Waals surface area contributed by atoms with E-state index in [1.807, 2.05) is 44.2 Å². The third-order valence-corrected chi connectivity index (χ3v) is 5.80. The van der Waals surface area contributed by atoms with E-state index in [-0.39, 0.29) is 36.8 Å². The minimum atomic E-state index is -0.960. The van der Waals surface area contributed by atoms with Crippen LogP contribution in [0.1, 0.15) is 25.0 Å². The molecule has 9 nitrogen and oxygen atoms in total. The van der Waals surface area contributed by atoms with Gasteiger partial charge < -0.3 is 0 Å². The smallest absolute Gasteiger partial charge is 0.287 e. The van der Waals surface area contributed by atoms with Gasteiger partial charge in [0.15, 0.2) is 0 Å². The summed E-state index contributed by atoms with van der Waals surface area (Å²) in [5, 5.41) is 16.3. The van der Waals surface area contributed by atoms with Crippen molar-refractivity contribution in [2.75, 3.05) is 0 Å². The van der Waals surface area contributed by atoms with Crippen LogP contribution in [0.4, 0.5) is 10.1 Å². The first-order valence-electron chi connectivity index (χ1n) is 11.6. The van der Waals surface area contributed by atoms with Gasteiger partial charge in [-0.25, -0.2) is 9.18 Å². The minimum Gasteiger partial charge on any atom is -0.287 e. The Morgan fingerprint density at radius 3 is 2.39 bits per heavy atom. The van der Waals surface area contributed by atoms with E-state index in [1.165, 1.54) is 27.7 Å². The second kappa shape index (κ2) is 10.5. The van der Waals surface area contributed by atoms with Crippen LogP contribution in [-0.2, 0) is 26.1 Å². The van der Waals surface area contributed by atoms with Gasteiger partial charge in [0.1, 0.15) is 11.5 Å². The molecule has 0 aliphatic heterocycles. The van der Waals surface area contributed by atoms with E-state index in [9.17, 15) is 24.1 Å². The van der Waals surface area contributed by atoms with Crippen molar-refractivity contribution < 1.29 is 9.31 Å².